The summed E-state index contributed by atoms with van der Waals surface area (Å²) in [4.78, 5) is 11.7. The molecule has 4 nitrogen and oxygen atoms in total. The standard InChI is InChI=1S/C19H31N3O/c1-14(2)19-20-15(3)13-18(21-19)22-11-9-17(10-12-22)23-16-7-5-4-6-8-16/h13-14,16-17H,4-12H2,1-3H3. The molecular weight excluding hydrogens is 286 g/mol. The van der Waals surface area contributed by atoms with E-state index in [-0.39, 0.29) is 0 Å². The van der Waals surface area contributed by atoms with Crippen LogP contribution in [-0.2, 0) is 4.74 Å². The van der Waals surface area contributed by atoms with Crippen molar-refractivity contribution in [2.24, 2.45) is 0 Å². The molecule has 0 unspecified atom stereocenters. The minimum atomic E-state index is 0.376. The van der Waals surface area contributed by atoms with Crippen molar-refractivity contribution in [2.45, 2.75) is 83.8 Å². The van der Waals surface area contributed by atoms with Gasteiger partial charge >= 0.3 is 0 Å². The van der Waals surface area contributed by atoms with E-state index in [4.69, 9.17) is 9.72 Å². The highest BCUT2D eigenvalue weighted by Gasteiger charge is 2.25. The van der Waals surface area contributed by atoms with Crippen LogP contribution in [0, 0.1) is 6.92 Å². The molecule has 2 heterocycles. The van der Waals surface area contributed by atoms with Crippen LogP contribution in [0.2, 0.25) is 0 Å². The molecular formula is C19H31N3O. The summed E-state index contributed by atoms with van der Waals surface area (Å²) in [6.45, 7) is 8.47. The first-order valence-corrected chi connectivity index (χ1v) is 9.38. The van der Waals surface area contributed by atoms with Gasteiger partial charge in [-0.15, -0.1) is 0 Å². The van der Waals surface area contributed by atoms with Crippen molar-refractivity contribution in [1.82, 2.24) is 9.97 Å². The number of anilines is 1. The minimum Gasteiger partial charge on any atom is -0.375 e. The predicted molar refractivity (Wildman–Crippen MR) is 94.1 cm³/mol. The second-order valence-corrected chi connectivity index (χ2v) is 7.46. The van der Waals surface area contributed by atoms with E-state index in [2.05, 4.69) is 36.7 Å². The first kappa shape index (κ1) is 16.7. The summed E-state index contributed by atoms with van der Waals surface area (Å²) in [6.07, 6.45) is 9.84. The van der Waals surface area contributed by atoms with Gasteiger partial charge in [-0.2, -0.15) is 0 Å². The van der Waals surface area contributed by atoms with E-state index >= 15 is 0 Å². The van der Waals surface area contributed by atoms with Crippen molar-refractivity contribution in [2.75, 3.05) is 18.0 Å². The summed E-state index contributed by atoms with van der Waals surface area (Å²) < 4.78 is 6.34. The Morgan fingerprint density at radius 2 is 1.65 bits per heavy atom. The third kappa shape index (κ3) is 4.43. The summed E-state index contributed by atoms with van der Waals surface area (Å²) in [5.41, 5.74) is 1.07. The number of aromatic nitrogens is 2. The molecule has 0 amide bonds. The van der Waals surface area contributed by atoms with E-state index in [1.165, 1.54) is 32.1 Å². The van der Waals surface area contributed by atoms with E-state index < -0.39 is 0 Å². The lowest BCUT2D eigenvalue weighted by atomic mass is 9.97. The van der Waals surface area contributed by atoms with Crippen LogP contribution in [0.1, 0.15) is 76.2 Å². The highest BCUT2D eigenvalue weighted by Crippen LogP contribution is 2.26. The Morgan fingerprint density at radius 1 is 1.00 bits per heavy atom. The van der Waals surface area contributed by atoms with Crippen LogP contribution in [0.3, 0.4) is 0 Å². The zero-order valence-corrected chi connectivity index (χ0v) is 14.9. The molecule has 0 spiro atoms. The van der Waals surface area contributed by atoms with Crippen molar-refractivity contribution < 1.29 is 4.74 Å². The van der Waals surface area contributed by atoms with E-state index in [9.17, 15) is 0 Å². The maximum atomic E-state index is 6.34. The largest absolute Gasteiger partial charge is 0.375 e. The fourth-order valence-electron chi connectivity index (χ4n) is 3.69. The van der Waals surface area contributed by atoms with Gasteiger partial charge in [0.25, 0.3) is 0 Å². The highest BCUT2D eigenvalue weighted by atomic mass is 16.5. The Labute approximate surface area is 140 Å². The molecule has 0 bridgehead atoms. The maximum absolute atomic E-state index is 6.34. The van der Waals surface area contributed by atoms with Crippen molar-refractivity contribution in [3.05, 3.63) is 17.6 Å². The van der Waals surface area contributed by atoms with E-state index in [0.29, 0.717) is 18.1 Å². The minimum absolute atomic E-state index is 0.376. The van der Waals surface area contributed by atoms with Gasteiger partial charge in [0.15, 0.2) is 0 Å². The van der Waals surface area contributed by atoms with Gasteiger partial charge in [0, 0.05) is 30.8 Å². The first-order chi connectivity index (χ1) is 11.1. The average Bonchev–Trinajstić information content (AvgIpc) is 2.56. The number of nitrogens with zero attached hydrogens (tertiary/aromatic N) is 3. The molecule has 0 radical (unpaired) electrons. The van der Waals surface area contributed by atoms with Gasteiger partial charge in [-0.05, 0) is 32.6 Å². The van der Waals surface area contributed by atoms with Crippen molar-refractivity contribution >= 4 is 5.82 Å². The number of aryl methyl sites for hydroxylation is 1. The van der Waals surface area contributed by atoms with Crippen LogP contribution in [0.4, 0.5) is 5.82 Å². The SMILES string of the molecule is Cc1cc(N2CCC(OC3CCCCC3)CC2)nc(C(C)C)n1. The molecule has 0 atom stereocenters. The Hall–Kier alpha value is -1.16. The fraction of sp³-hybridized carbons (Fsp3) is 0.789. The summed E-state index contributed by atoms with van der Waals surface area (Å²) in [5.74, 6) is 2.43. The van der Waals surface area contributed by atoms with Gasteiger partial charge in [0.2, 0.25) is 0 Å². The molecule has 0 N–H and O–H groups in total. The molecule has 4 heteroatoms. The molecule has 3 rings (SSSR count). The molecule has 1 aromatic heterocycles. The number of ether oxygens (including phenoxy) is 1. The first-order valence-electron chi connectivity index (χ1n) is 9.38. The lowest BCUT2D eigenvalue weighted by molar-refractivity contribution is -0.0395. The molecule has 2 aliphatic rings. The summed E-state index contributed by atoms with van der Waals surface area (Å²) in [7, 11) is 0. The van der Waals surface area contributed by atoms with Gasteiger partial charge in [0.1, 0.15) is 11.6 Å². The Kier molecular flexibility index (Phi) is 5.52. The van der Waals surface area contributed by atoms with Crippen molar-refractivity contribution in [3.63, 3.8) is 0 Å². The predicted octanol–water partition coefficient (Wildman–Crippen LogP) is 4.23. The Bertz CT molecular complexity index is 503. The Balaban J connectivity index is 1.56. The third-order valence-electron chi connectivity index (χ3n) is 5.08. The van der Waals surface area contributed by atoms with Crippen molar-refractivity contribution in [1.29, 1.82) is 0 Å². The van der Waals surface area contributed by atoms with E-state index in [1.54, 1.807) is 0 Å². The second-order valence-electron chi connectivity index (χ2n) is 7.46. The topological polar surface area (TPSA) is 38.2 Å². The van der Waals surface area contributed by atoms with E-state index in [0.717, 1.165) is 43.3 Å². The zero-order chi connectivity index (χ0) is 16.2. The third-order valence-corrected chi connectivity index (χ3v) is 5.08. The van der Waals surface area contributed by atoms with E-state index in [1.807, 2.05) is 0 Å². The van der Waals surface area contributed by atoms with Gasteiger partial charge < -0.3 is 9.64 Å². The second kappa shape index (κ2) is 7.61. The summed E-state index contributed by atoms with van der Waals surface area (Å²) in [6, 6.07) is 2.12. The number of hydrogen-bond donors (Lipinski definition) is 0. The van der Waals surface area contributed by atoms with Crippen molar-refractivity contribution in [3.8, 4) is 0 Å². The molecule has 23 heavy (non-hydrogen) atoms. The Morgan fingerprint density at radius 3 is 2.30 bits per heavy atom. The lowest BCUT2D eigenvalue weighted by Crippen LogP contribution is -2.39. The van der Waals surface area contributed by atoms with Crippen LogP contribution in [0.5, 0.6) is 0 Å². The average molecular weight is 317 g/mol. The molecule has 1 aromatic rings. The van der Waals surface area contributed by atoms with Crippen LogP contribution in [-0.4, -0.2) is 35.3 Å². The summed E-state index contributed by atoms with van der Waals surface area (Å²) >= 11 is 0. The molecule has 1 aliphatic heterocycles. The normalized spacial score (nSPS) is 21.1. The van der Waals surface area contributed by atoms with Gasteiger partial charge in [0.05, 0.1) is 12.2 Å². The monoisotopic (exact) mass is 317 g/mol. The van der Waals surface area contributed by atoms with Gasteiger partial charge in [-0.3, -0.25) is 0 Å². The van der Waals surface area contributed by atoms with Gasteiger partial charge in [-0.25, -0.2) is 9.97 Å². The molecule has 1 saturated heterocycles. The summed E-state index contributed by atoms with van der Waals surface area (Å²) in [5, 5.41) is 0. The highest BCUT2D eigenvalue weighted by molar-refractivity contribution is 5.40. The fourth-order valence-corrected chi connectivity index (χ4v) is 3.69. The molecule has 1 aliphatic carbocycles. The van der Waals surface area contributed by atoms with Crippen LogP contribution < -0.4 is 4.90 Å². The molecule has 128 valence electrons. The smallest absolute Gasteiger partial charge is 0.133 e. The van der Waals surface area contributed by atoms with Crippen LogP contribution >= 0.6 is 0 Å². The zero-order valence-electron chi connectivity index (χ0n) is 14.9. The molecule has 2 fully saturated rings. The van der Waals surface area contributed by atoms with Crippen LogP contribution in [0.15, 0.2) is 6.07 Å². The molecule has 0 aromatic carbocycles. The number of hydrogen-bond acceptors (Lipinski definition) is 4. The maximum Gasteiger partial charge on any atom is 0.133 e. The quantitative estimate of drug-likeness (QED) is 0.833. The lowest BCUT2D eigenvalue weighted by Gasteiger charge is -2.35. The molecule has 1 saturated carbocycles. The number of piperidine rings is 1. The van der Waals surface area contributed by atoms with Gasteiger partial charge in [-0.1, -0.05) is 33.1 Å². The van der Waals surface area contributed by atoms with Crippen LogP contribution in [0.25, 0.3) is 0 Å². The number of rotatable bonds is 4.